The number of benzene rings is 3. The van der Waals surface area contributed by atoms with Gasteiger partial charge in [-0.2, -0.15) is 0 Å². The quantitative estimate of drug-likeness (QED) is 0.601. The molecule has 0 saturated carbocycles. The van der Waals surface area contributed by atoms with Crippen LogP contribution in [-0.4, -0.2) is 12.5 Å². The van der Waals surface area contributed by atoms with Crippen molar-refractivity contribution in [1.82, 2.24) is 0 Å². The van der Waals surface area contributed by atoms with Crippen LogP contribution < -0.4 is 10.1 Å². The van der Waals surface area contributed by atoms with E-state index in [1.165, 1.54) is 27.8 Å². The van der Waals surface area contributed by atoms with Crippen LogP contribution in [0, 0.1) is 0 Å². The summed E-state index contributed by atoms with van der Waals surface area (Å²) in [5, 5.41) is 3.04. The van der Waals surface area contributed by atoms with E-state index in [4.69, 9.17) is 4.74 Å². The Morgan fingerprint density at radius 3 is 2.77 bits per heavy atom. The average Bonchev–Trinajstić information content (AvgIpc) is 3.24. The van der Waals surface area contributed by atoms with Crippen LogP contribution >= 0.6 is 0 Å². The van der Waals surface area contributed by atoms with Crippen molar-refractivity contribution in [2.45, 2.75) is 19.3 Å². The van der Waals surface area contributed by atoms with Gasteiger partial charge < -0.3 is 10.1 Å². The normalized spacial score (nSPS) is 13.5. The number of rotatable bonds is 3. The Balaban J connectivity index is 1.31. The van der Waals surface area contributed by atoms with E-state index in [9.17, 15) is 4.79 Å². The van der Waals surface area contributed by atoms with Crippen LogP contribution in [0.15, 0.2) is 60.7 Å². The molecule has 1 N–H and O–H groups in total. The second-order valence-electron chi connectivity index (χ2n) is 6.97. The van der Waals surface area contributed by atoms with E-state index in [0.717, 1.165) is 36.4 Å². The minimum Gasteiger partial charge on any atom is -0.493 e. The molecule has 128 valence electrons. The molecule has 1 amide bonds. The molecule has 0 spiro atoms. The van der Waals surface area contributed by atoms with E-state index in [1.807, 2.05) is 18.2 Å². The van der Waals surface area contributed by atoms with Gasteiger partial charge in [-0.15, -0.1) is 0 Å². The van der Waals surface area contributed by atoms with E-state index in [-0.39, 0.29) is 5.91 Å². The van der Waals surface area contributed by atoms with E-state index < -0.39 is 0 Å². The average molecular weight is 341 g/mol. The summed E-state index contributed by atoms with van der Waals surface area (Å²) in [6.07, 6.45) is 2.24. The molecule has 3 nitrogen and oxygen atoms in total. The Morgan fingerprint density at radius 1 is 0.923 bits per heavy atom. The molecule has 3 aromatic rings. The fourth-order valence-electron chi connectivity index (χ4n) is 3.96. The number of carbonyl (C=O) groups excluding carboxylic acids is 1. The van der Waals surface area contributed by atoms with Gasteiger partial charge in [0.1, 0.15) is 5.75 Å². The molecular formula is C23H19NO2. The molecule has 1 heterocycles. The first-order valence-electron chi connectivity index (χ1n) is 9.02. The van der Waals surface area contributed by atoms with E-state index in [1.54, 1.807) is 0 Å². The third kappa shape index (κ3) is 2.66. The van der Waals surface area contributed by atoms with Crippen molar-refractivity contribution in [2.75, 3.05) is 11.9 Å². The van der Waals surface area contributed by atoms with Gasteiger partial charge in [0.15, 0.2) is 0 Å². The highest BCUT2D eigenvalue weighted by atomic mass is 16.5. The third-order valence-corrected chi connectivity index (χ3v) is 5.20. The highest BCUT2D eigenvalue weighted by molar-refractivity contribution is 5.93. The topological polar surface area (TPSA) is 38.3 Å². The lowest BCUT2D eigenvalue weighted by atomic mass is 10.0. The maximum absolute atomic E-state index is 12.5. The Labute approximate surface area is 152 Å². The smallest absolute Gasteiger partial charge is 0.228 e. The minimum absolute atomic E-state index is 0.0133. The fourth-order valence-corrected chi connectivity index (χ4v) is 3.96. The first-order chi connectivity index (χ1) is 12.8. The van der Waals surface area contributed by atoms with Crippen LogP contribution in [0.3, 0.4) is 0 Å². The van der Waals surface area contributed by atoms with Gasteiger partial charge in [-0.25, -0.2) is 0 Å². The van der Waals surface area contributed by atoms with Gasteiger partial charge in [0, 0.05) is 12.1 Å². The van der Waals surface area contributed by atoms with Gasteiger partial charge in [-0.1, -0.05) is 42.5 Å². The second-order valence-corrected chi connectivity index (χ2v) is 6.97. The van der Waals surface area contributed by atoms with Crippen LogP contribution in [-0.2, 0) is 24.1 Å². The summed E-state index contributed by atoms with van der Waals surface area (Å²) in [5.74, 6) is 0.965. The monoisotopic (exact) mass is 341 g/mol. The number of carbonyl (C=O) groups is 1. The highest BCUT2D eigenvalue weighted by Crippen LogP contribution is 2.37. The van der Waals surface area contributed by atoms with Crippen molar-refractivity contribution >= 4 is 11.6 Å². The Bertz CT molecular complexity index is 1020. The van der Waals surface area contributed by atoms with Gasteiger partial charge in [-0.05, 0) is 58.0 Å². The lowest BCUT2D eigenvalue weighted by Crippen LogP contribution is -2.14. The number of nitrogens with one attached hydrogen (secondary N) is 1. The van der Waals surface area contributed by atoms with Crippen molar-refractivity contribution in [1.29, 1.82) is 0 Å². The highest BCUT2D eigenvalue weighted by Gasteiger charge is 2.18. The van der Waals surface area contributed by atoms with Gasteiger partial charge in [0.25, 0.3) is 0 Å². The SMILES string of the molecule is O=C(Cc1ccc2c(c1)CCO2)Nc1ccc2c(c1)Cc1ccccc1-2. The van der Waals surface area contributed by atoms with Crippen LogP contribution in [0.25, 0.3) is 11.1 Å². The second kappa shape index (κ2) is 6.03. The molecule has 2 aliphatic rings. The summed E-state index contributed by atoms with van der Waals surface area (Å²) < 4.78 is 5.52. The largest absolute Gasteiger partial charge is 0.493 e. The molecule has 5 rings (SSSR count). The predicted octanol–water partition coefficient (Wildman–Crippen LogP) is 4.37. The van der Waals surface area contributed by atoms with Gasteiger partial charge in [0.05, 0.1) is 13.0 Å². The molecule has 0 radical (unpaired) electrons. The molecule has 1 aliphatic heterocycles. The number of hydrogen-bond donors (Lipinski definition) is 1. The van der Waals surface area contributed by atoms with Gasteiger partial charge in [0.2, 0.25) is 5.91 Å². The Morgan fingerprint density at radius 2 is 1.81 bits per heavy atom. The van der Waals surface area contributed by atoms with Crippen LogP contribution in [0.5, 0.6) is 5.75 Å². The predicted molar refractivity (Wildman–Crippen MR) is 103 cm³/mol. The molecule has 0 bridgehead atoms. The van der Waals surface area contributed by atoms with Crippen LogP contribution in [0.1, 0.15) is 22.3 Å². The summed E-state index contributed by atoms with van der Waals surface area (Å²) in [6, 6.07) is 20.7. The molecule has 0 fully saturated rings. The first kappa shape index (κ1) is 15.2. The van der Waals surface area contributed by atoms with Crippen molar-refractivity contribution in [3.63, 3.8) is 0 Å². The molecule has 0 aromatic heterocycles. The molecule has 0 saturated heterocycles. The molecule has 1 aliphatic carbocycles. The summed E-state index contributed by atoms with van der Waals surface area (Å²) in [6.45, 7) is 0.739. The maximum Gasteiger partial charge on any atom is 0.228 e. The lowest BCUT2D eigenvalue weighted by molar-refractivity contribution is -0.115. The van der Waals surface area contributed by atoms with Crippen LogP contribution in [0.2, 0.25) is 0 Å². The van der Waals surface area contributed by atoms with E-state index in [0.29, 0.717) is 6.42 Å². The number of amides is 1. The third-order valence-electron chi connectivity index (χ3n) is 5.20. The van der Waals surface area contributed by atoms with E-state index in [2.05, 4.69) is 47.8 Å². The Kier molecular flexibility index (Phi) is 3.52. The van der Waals surface area contributed by atoms with Gasteiger partial charge >= 0.3 is 0 Å². The number of fused-ring (bicyclic) bond motifs is 4. The Hall–Kier alpha value is -3.07. The summed E-state index contributed by atoms with van der Waals surface area (Å²) in [4.78, 5) is 12.5. The molecule has 3 aromatic carbocycles. The molecule has 26 heavy (non-hydrogen) atoms. The summed E-state index contributed by atoms with van der Waals surface area (Å²) >= 11 is 0. The van der Waals surface area contributed by atoms with Gasteiger partial charge in [-0.3, -0.25) is 4.79 Å². The van der Waals surface area contributed by atoms with Crippen molar-refractivity contribution in [3.8, 4) is 16.9 Å². The summed E-state index contributed by atoms with van der Waals surface area (Å²) in [7, 11) is 0. The number of anilines is 1. The fraction of sp³-hybridized carbons (Fsp3) is 0.174. The number of hydrogen-bond acceptors (Lipinski definition) is 2. The lowest BCUT2D eigenvalue weighted by Gasteiger charge is -2.09. The van der Waals surface area contributed by atoms with Crippen molar-refractivity contribution in [3.05, 3.63) is 82.9 Å². The zero-order valence-corrected chi connectivity index (χ0v) is 14.4. The first-order valence-corrected chi connectivity index (χ1v) is 9.02. The van der Waals surface area contributed by atoms with Crippen molar-refractivity contribution in [2.24, 2.45) is 0 Å². The molecule has 0 unspecified atom stereocenters. The molecular weight excluding hydrogens is 322 g/mol. The maximum atomic E-state index is 12.5. The minimum atomic E-state index is 0.0133. The molecule has 0 atom stereocenters. The zero-order valence-electron chi connectivity index (χ0n) is 14.4. The van der Waals surface area contributed by atoms with Crippen LogP contribution in [0.4, 0.5) is 5.69 Å². The standard InChI is InChI=1S/C23H19NO2/c25-23(12-15-5-8-22-17(11-15)9-10-26-22)24-19-6-7-21-18(14-19)13-16-3-1-2-4-20(16)21/h1-8,11,14H,9-10,12-13H2,(H,24,25). The van der Waals surface area contributed by atoms with Crippen molar-refractivity contribution < 1.29 is 9.53 Å². The molecule has 3 heteroatoms. The number of ether oxygens (including phenoxy) is 1. The summed E-state index contributed by atoms with van der Waals surface area (Å²) in [5.41, 5.74) is 8.31. The zero-order chi connectivity index (χ0) is 17.5. The van der Waals surface area contributed by atoms with E-state index >= 15 is 0 Å².